The van der Waals surface area contributed by atoms with Crippen LogP contribution in [0.4, 0.5) is 5.95 Å². The lowest BCUT2D eigenvalue weighted by Gasteiger charge is -2.50. The van der Waals surface area contributed by atoms with Crippen molar-refractivity contribution < 1.29 is 5.11 Å². The third-order valence-electron chi connectivity index (χ3n) is 10.8. The van der Waals surface area contributed by atoms with Crippen LogP contribution < -0.4 is 10.2 Å². The number of phenols is 1. The average molecular weight is 565 g/mol. The van der Waals surface area contributed by atoms with Gasteiger partial charge in [-0.15, -0.1) is 10.2 Å². The predicted molar refractivity (Wildman–Crippen MR) is 164 cm³/mol. The number of rotatable bonds is 4. The molecule has 1 atom stereocenters. The fourth-order valence-electron chi connectivity index (χ4n) is 8.11. The molecule has 0 amide bonds. The van der Waals surface area contributed by atoms with E-state index in [-0.39, 0.29) is 11.8 Å². The van der Waals surface area contributed by atoms with Crippen LogP contribution >= 0.6 is 0 Å². The Kier molecular flexibility index (Phi) is 6.41. The van der Waals surface area contributed by atoms with Crippen LogP contribution in [0.3, 0.4) is 0 Å². The summed E-state index contributed by atoms with van der Waals surface area (Å²) >= 11 is 0. The monoisotopic (exact) mass is 564 g/mol. The number of nitrogens with zero attached hydrogens (tertiary/aromatic N) is 6. The zero-order valence-corrected chi connectivity index (χ0v) is 24.4. The first kappa shape index (κ1) is 26.1. The van der Waals surface area contributed by atoms with Gasteiger partial charge in [0.2, 0.25) is 5.95 Å². The van der Waals surface area contributed by atoms with E-state index in [1.807, 2.05) is 24.3 Å². The van der Waals surface area contributed by atoms with Gasteiger partial charge in [-0.25, -0.2) is 9.97 Å². The van der Waals surface area contributed by atoms with E-state index in [4.69, 9.17) is 9.97 Å². The Bertz CT molecular complexity index is 1580. The molecule has 1 saturated carbocycles. The number of hydrogen-bond donors (Lipinski definition) is 3. The molecule has 3 aromatic heterocycles. The fraction of sp³-hybridized carbons (Fsp3) is 0.515. The lowest BCUT2D eigenvalue weighted by Crippen LogP contribution is -2.57. The Balaban J connectivity index is 0.955. The highest BCUT2D eigenvalue weighted by atomic mass is 16.3. The van der Waals surface area contributed by atoms with E-state index in [9.17, 15) is 5.11 Å². The number of nitrogens with one attached hydrogen (secondary N) is 2. The zero-order chi connectivity index (χ0) is 28.3. The maximum Gasteiger partial charge on any atom is 0.225 e. The molecule has 1 spiro atoms. The van der Waals surface area contributed by atoms with Crippen molar-refractivity contribution in [2.24, 2.45) is 5.41 Å². The summed E-state index contributed by atoms with van der Waals surface area (Å²) < 4.78 is 0. The maximum absolute atomic E-state index is 10.4. The third-order valence-corrected chi connectivity index (χ3v) is 10.8. The maximum atomic E-state index is 10.4. The summed E-state index contributed by atoms with van der Waals surface area (Å²) in [7, 11) is 0. The molecule has 1 aromatic carbocycles. The summed E-state index contributed by atoms with van der Waals surface area (Å²) in [6.07, 6.45) is 13.0. The Morgan fingerprint density at radius 2 is 1.71 bits per heavy atom. The first-order valence-electron chi connectivity index (χ1n) is 15.8. The number of fused-ring (bicyclic) bond motifs is 3. The minimum atomic E-state index is 0.0864. The van der Waals surface area contributed by atoms with Gasteiger partial charge in [0.15, 0.2) is 5.65 Å². The minimum Gasteiger partial charge on any atom is -0.507 e. The fourth-order valence-corrected chi connectivity index (χ4v) is 8.11. The van der Waals surface area contributed by atoms with Crippen LogP contribution in [0.2, 0.25) is 0 Å². The number of anilines is 1. The summed E-state index contributed by atoms with van der Waals surface area (Å²) in [5.41, 5.74) is 6.46. The molecule has 3 N–H and O–H groups in total. The summed E-state index contributed by atoms with van der Waals surface area (Å²) in [5, 5.41) is 23.8. The van der Waals surface area contributed by atoms with Gasteiger partial charge in [-0.2, -0.15) is 0 Å². The molecule has 0 radical (unpaired) electrons. The zero-order valence-electron chi connectivity index (χ0n) is 24.4. The quantitative estimate of drug-likeness (QED) is 0.320. The predicted octanol–water partition coefficient (Wildman–Crippen LogP) is 4.96. The molecule has 6 heterocycles. The lowest BCUT2D eigenvalue weighted by molar-refractivity contribution is 0.0403. The first-order chi connectivity index (χ1) is 20.6. The summed E-state index contributed by atoms with van der Waals surface area (Å²) in [6, 6.07) is 10.2. The van der Waals surface area contributed by atoms with Gasteiger partial charge in [0.25, 0.3) is 0 Å². The Labute approximate surface area is 246 Å². The van der Waals surface area contributed by atoms with Gasteiger partial charge in [-0.1, -0.05) is 12.1 Å². The van der Waals surface area contributed by atoms with Crippen LogP contribution in [-0.4, -0.2) is 73.9 Å². The second-order valence-electron chi connectivity index (χ2n) is 13.1. The van der Waals surface area contributed by atoms with Gasteiger partial charge in [0.1, 0.15) is 5.75 Å². The molecule has 2 saturated heterocycles. The van der Waals surface area contributed by atoms with Crippen molar-refractivity contribution in [1.82, 2.24) is 35.4 Å². The number of aromatic amines is 1. The van der Waals surface area contributed by atoms with E-state index in [2.05, 4.69) is 49.6 Å². The van der Waals surface area contributed by atoms with Gasteiger partial charge in [-0.3, -0.25) is 0 Å². The van der Waals surface area contributed by atoms with E-state index in [0.717, 1.165) is 36.0 Å². The van der Waals surface area contributed by atoms with Crippen LogP contribution in [0, 0.1) is 5.41 Å². The number of benzene rings is 1. The van der Waals surface area contributed by atoms with Crippen molar-refractivity contribution in [1.29, 1.82) is 0 Å². The number of para-hydroxylation sites is 1. The molecular weight excluding hydrogens is 524 g/mol. The number of aromatic hydroxyl groups is 1. The number of aromatic nitrogens is 5. The van der Waals surface area contributed by atoms with Gasteiger partial charge in [0.05, 0.1) is 11.7 Å². The molecule has 1 aliphatic carbocycles. The molecule has 0 bridgehead atoms. The van der Waals surface area contributed by atoms with E-state index in [1.165, 1.54) is 81.5 Å². The van der Waals surface area contributed by atoms with Gasteiger partial charge < -0.3 is 25.2 Å². The molecule has 9 heteroatoms. The normalized spacial score (nSPS) is 23.3. The second kappa shape index (κ2) is 10.3. The topological polar surface area (TPSA) is 106 Å². The molecule has 3 fully saturated rings. The molecular formula is C33H40N8O. The SMILES string of the molecule is C[C@@H]1c2c([nH]c3nnc(-c4ccccc4O)cc23)CCN1c1ncc(C2CCN(C3CCC4(CC3)CNC4)CC2)cn1. The standard InChI is InChI=1S/C33H40N8O/c1-21-30-26-16-28(25-4-2-3-5-29(25)42)38-39-31(26)37-27(30)10-15-41(21)32-35-17-23(18-36-32)22-8-13-40(14-9-22)24-6-11-33(12-7-24)19-34-20-33/h2-5,16-18,21-22,24,34,42H,6-15,19-20H2,1H3,(H,37,39)/t21-/m1/s1. The van der Waals surface area contributed by atoms with E-state index in [1.54, 1.807) is 6.07 Å². The number of phenolic OH excluding ortho intramolecular Hbond substituents is 1. The Morgan fingerprint density at radius 3 is 2.43 bits per heavy atom. The van der Waals surface area contributed by atoms with E-state index in [0.29, 0.717) is 22.6 Å². The number of hydrogen-bond acceptors (Lipinski definition) is 8. The van der Waals surface area contributed by atoms with E-state index < -0.39 is 0 Å². The third kappa shape index (κ3) is 4.45. The molecule has 8 rings (SSSR count). The van der Waals surface area contributed by atoms with Crippen molar-refractivity contribution in [2.75, 3.05) is 37.6 Å². The second-order valence-corrected chi connectivity index (χ2v) is 13.1. The molecule has 218 valence electrons. The molecule has 42 heavy (non-hydrogen) atoms. The van der Waals surface area contributed by atoms with Crippen LogP contribution in [0.1, 0.15) is 74.2 Å². The van der Waals surface area contributed by atoms with Crippen molar-refractivity contribution in [3.63, 3.8) is 0 Å². The lowest BCUT2D eigenvalue weighted by atomic mass is 9.68. The summed E-state index contributed by atoms with van der Waals surface area (Å²) in [5.74, 6) is 1.54. The number of piperidine rings is 1. The summed E-state index contributed by atoms with van der Waals surface area (Å²) in [6.45, 7) is 7.93. The minimum absolute atomic E-state index is 0.0864. The van der Waals surface area contributed by atoms with Crippen molar-refractivity contribution >= 4 is 17.0 Å². The summed E-state index contributed by atoms with van der Waals surface area (Å²) in [4.78, 5) is 18.4. The Hall–Kier alpha value is -3.56. The van der Waals surface area contributed by atoms with Crippen LogP contribution in [-0.2, 0) is 6.42 Å². The first-order valence-corrected chi connectivity index (χ1v) is 15.8. The molecule has 9 nitrogen and oxygen atoms in total. The van der Waals surface area contributed by atoms with Gasteiger partial charge in [0, 0.05) is 66.7 Å². The van der Waals surface area contributed by atoms with Gasteiger partial charge in [-0.05, 0) is 93.6 Å². The van der Waals surface area contributed by atoms with Crippen molar-refractivity contribution in [3.05, 3.63) is 59.5 Å². The molecule has 4 aliphatic rings. The molecule has 0 unspecified atom stereocenters. The molecule has 3 aliphatic heterocycles. The highest BCUT2D eigenvalue weighted by Crippen LogP contribution is 2.42. The van der Waals surface area contributed by atoms with E-state index >= 15 is 0 Å². The van der Waals surface area contributed by atoms with Gasteiger partial charge >= 0.3 is 0 Å². The van der Waals surface area contributed by atoms with Crippen molar-refractivity contribution in [3.8, 4) is 17.0 Å². The highest BCUT2D eigenvalue weighted by molar-refractivity contribution is 5.86. The largest absolute Gasteiger partial charge is 0.507 e. The Morgan fingerprint density at radius 1 is 0.952 bits per heavy atom. The number of H-pyrrole nitrogens is 1. The smallest absolute Gasteiger partial charge is 0.225 e. The van der Waals surface area contributed by atoms with Crippen LogP contribution in [0.15, 0.2) is 42.7 Å². The van der Waals surface area contributed by atoms with Crippen LogP contribution in [0.25, 0.3) is 22.3 Å². The highest BCUT2D eigenvalue weighted by Gasteiger charge is 2.41. The van der Waals surface area contributed by atoms with Crippen LogP contribution in [0.5, 0.6) is 5.75 Å². The van der Waals surface area contributed by atoms with Crippen molar-refractivity contribution in [2.45, 2.75) is 69.9 Å². The average Bonchev–Trinajstić information content (AvgIpc) is 3.40. The molecule has 4 aromatic rings. The number of likely N-dealkylation sites (tertiary alicyclic amines) is 1.